The second kappa shape index (κ2) is 8.23. The van der Waals surface area contributed by atoms with Crippen LogP contribution in [0, 0.1) is 18.3 Å². The van der Waals surface area contributed by atoms with Crippen molar-refractivity contribution in [1.29, 1.82) is 5.26 Å². The Hall–Kier alpha value is -3.18. The van der Waals surface area contributed by atoms with Gasteiger partial charge in [-0.2, -0.15) is 5.26 Å². The number of aromatic nitrogens is 1. The van der Waals surface area contributed by atoms with Crippen LogP contribution in [0.3, 0.4) is 0 Å². The number of aliphatic hydroxyl groups excluding tert-OH is 1. The molecule has 146 valence electrons. The molecular formula is C20H22N4O4. The van der Waals surface area contributed by atoms with Crippen LogP contribution < -0.4 is 0 Å². The number of hydrogen-bond acceptors (Lipinski definition) is 6. The van der Waals surface area contributed by atoms with Crippen molar-refractivity contribution in [1.82, 2.24) is 15.0 Å². The lowest BCUT2D eigenvalue weighted by atomic mass is 10.1. The molecule has 0 radical (unpaired) electrons. The first-order chi connectivity index (χ1) is 13.4. The number of aryl methyl sites for hydroxylation is 1. The number of rotatable bonds is 5. The van der Waals surface area contributed by atoms with Crippen molar-refractivity contribution in [3.63, 3.8) is 0 Å². The van der Waals surface area contributed by atoms with E-state index in [9.17, 15) is 14.7 Å². The van der Waals surface area contributed by atoms with Crippen molar-refractivity contribution in [2.24, 2.45) is 0 Å². The molecule has 2 amide bonds. The minimum Gasteiger partial charge on any atom is -0.391 e. The SMILES string of the molecule is Cc1cc(CC(=O)N2C[C@H](O)C[C@H]2C(=O)N(C)Cc2ccc(C#N)cc2)on1. The highest BCUT2D eigenvalue weighted by atomic mass is 16.5. The van der Waals surface area contributed by atoms with Gasteiger partial charge in [0.2, 0.25) is 11.8 Å². The van der Waals surface area contributed by atoms with Gasteiger partial charge in [0.15, 0.2) is 0 Å². The normalized spacial score (nSPS) is 18.7. The average Bonchev–Trinajstić information content (AvgIpc) is 3.27. The fourth-order valence-corrected chi connectivity index (χ4v) is 3.36. The Morgan fingerprint density at radius 2 is 2.11 bits per heavy atom. The van der Waals surface area contributed by atoms with Crippen molar-refractivity contribution in [3.05, 3.63) is 52.9 Å². The maximum atomic E-state index is 12.9. The highest BCUT2D eigenvalue weighted by Gasteiger charge is 2.40. The Kier molecular flexibility index (Phi) is 5.76. The molecule has 2 aromatic rings. The number of aliphatic hydroxyl groups is 1. The summed E-state index contributed by atoms with van der Waals surface area (Å²) in [5.41, 5.74) is 2.11. The second-order valence-corrected chi connectivity index (χ2v) is 7.07. The average molecular weight is 382 g/mol. The van der Waals surface area contributed by atoms with Gasteiger partial charge < -0.3 is 19.4 Å². The molecule has 0 spiro atoms. The number of likely N-dealkylation sites (tertiary alicyclic amines) is 1. The van der Waals surface area contributed by atoms with Gasteiger partial charge in [0.25, 0.3) is 0 Å². The van der Waals surface area contributed by atoms with E-state index < -0.39 is 12.1 Å². The first-order valence-corrected chi connectivity index (χ1v) is 9.01. The molecule has 1 fully saturated rings. The highest BCUT2D eigenvalue weighted by molar-refractivity contribution is 5.89. The Morgan fingerprint density at radius 3 is 2.71 bits per heavy atom. The Labute approximate surface area is 162 Å². The second-order valence-electron chi connectivity index (χ2n) is 7.07. The molecule has 0 unspecified atom stereocenters. The summed E-state index contributed by atoms with van der Waals surface area (Å²) in [5, 5.41) is 22.7. The van der Waals surface area contributed by atoms with E-state index in [1.807, 2.05) is 0 Å². The zero-order valence-electron chi connectivity index (χ0n) is 15.8. The van der Waals surface area contributed by atoms with E-state index in [4.69, 9.17) is 9.78 Å². The number of carbonyl (C=O) groups excluding carboxylic acids is 2. The predicted octanol–water partition coefficient (Wildman–Crippen LogP) is 1.02. The molecule has 8 heteroatoms. The van der Waals surface area contributed by atoms with Crippen molar-refractivity contribution in [2.75, 3.05) is 13.6 Å². The van der Waals surface area contributed by atoms with Crippen molar-refractivity contribution >= 4 is 11.8 Å². The molecule has 0 aliphatic carbocycles. The Bertz CT molecular complexity index is 900. The quantitative estimate of drug-likeness (QED) is 0.826. The molecule has 1 aromatic heterocycles. The summed E-state index contributed by atoms with van der Waals surface area (Å²) in [4.78, 5) is 28.5. The van der Waals surface area contributed by atoms with Gasteiger partial charge in [0, 0.05) is 32.6 Å². The first-order valence-electron chi connectivity index (χ1n) is 9.01. The van der Waals surface area contributed by atoms with Crippen LogP contribution in [0.5, 0.6) is 0 Å². The molecule has 1 N–H and O–H groups in total. The zero-order valence-corrected chi connectivity index (χ0v) is 15.8. The molecular weight excluding hydrogens is 360 g/mol. The predicted molar refractivity (Wildman–Crippen MR) is 98.7 cm³/mol. The van der Waals surface area contributed by atoms with Crippen LogP contribution in [0.15, 0.2) is 34.9 Å². The monoisotopic (exact) mass is 382 g/mol. The lowest BCUT2D eigenvalue weighted by Crippen LogP contribution is -2.46. The number of nitrogens with zero attached hydrogens (tertiary/aromatic N) is 4. The molecule has 28 heavy (non-hydrogen) atoms. The summed E-state index contributed by atoms with van der Waals surface area (Å²) in [6.07, 6.45) is -0.535. The maximum absolute atomic E-state index is 12.9. The van der Waals surface area contributed by atoms with Crippen LogP contribution in [0.1, 0.15) is 29.0 Å². The van der Waals surface area contributed by atoms with Gasteiger partial charge >= 0.3 is 0 Å². The molecule has 1 aliphatic rings. The van der Waals surface area contributed by atoms with E-state index in [-0.39, 0.29) is 31.2 Å². The van der Waals surface area contributed by atoms with Crippen LogP contribution in [0.2, 0.25) is 0 Å². The number of amides is 2. The molecule has 0 saturated carbocycles. The summed E-state index contributed by atoms with van der Waals surface area (Å²) < 4.78 is 5.08. The van der Waals surface area contributed by atoms with Gasteiger partial charge in [-0.1, -0.05) is 17.3 Å². The Balaban J connectivity index is 1.67. The first kappa shape index (κ1) is 19.6. The largest absolute Gasteiger partial charge is 0.391 e. The third-order valence-electron chi connectivity index (χ3n) is 4.77. The molecule has 8 nitrogen and oxygen atoms in total. The number of hydrogen-bond donors (Lipinski definition) is 1. The number of carbonyl (C=O) groups is 2. The minimum absolute atomic E-state index is 0.00330. The van der Waals surface area contributed by atoms with Gasteiger partial charge in [0.1, 0.15) is 11.8 Å². The summed E-state index contributed by atoms with van der Waals surface area (Å²) in [5.74, 6) is -0.0816. The summed E-state index contributed by atoms with van der Waals surface area (Å²) in [7, 11) is 1.66. The van der Waals surface area contributed by atoms with Gasteiger partial charge in [0.05, 0.1) is 29.9 Å². The van der Waals surface area contributed by atoms with E-state index >= 15 is 0 Å². The van der Waals surface area contributed by atoms with Crippen molar-refractivity contribution in [3.8, 4) is 6.07 Å². The number of likely N-dealkylation sites (N-methyl/N-ethyl adjacent to an activating group) is 1. The molecule has 2 atom stereocenters. The lowest BCUT2D eigenvalue weighted by molar-refractivity contribution is -0.143. The van der Waals surface area contributed by atoms with E-state index in [2.05, 4.69) is 11.2 Å². The standard InChI is InChI=1S/C20H22N4O4/c1-13-7-17(28-22-13)9-19(26)24-12-16(25)8-18(24)20(27)23(2)11-15-5-3-14(10-21)4-6-15/h3-7,16,18,25H,8-9,11-12H2,1-2H3/t16-,18+/m1/s1. The van der Waals surface area contributed by atoms with Crippen molar-refractivity contribution < 1.29 is 19.2 Å². The minimum atomic E-state index is -0.738. The van der Waals surface area contributed by atoms with Crippen LogP contribution in [-0.2, 0) is 22.6 Å². The van der Waals surface area contributed by atoms with Gasteiger partial charge in [-0.3, -0.25) is 9.59 Å². The third-order valence-corrected chi connectivity index (χ3v) is 4.77. The lowest BCUT2D eigenvalue weighted by Gasteiger charge is -2.27. The molecule has 3 rings (SSSR count). The topological polar surface area (TPSA) is 111 Å². The van der Waals surface area contributed by atoms with Gasteiger partial charge in [-0.05, 0) is 24.6 Å². The van der Waals surface area contributed by atoms with Crippen LogP contribution in [-0.4, -0.2) is 57.6 Å². The number of nitriles is 1. The van der Waals surface area contributed by atoms with E-state index in [0.717, 1.165) is 5.56 Å². The molecule has 2 heterocycles. The Morgan fingerprint density at radius 1 is 1.39 bits per heavy atom. The fourth-order valence-electron chi connectivity index (χ4n) is 3.36. The molecule has 1 aliphatic heterocycles. The van der Waals surface area contributed by atoms with Crippen LogP contribution in [0.4, 0.5) is 0 Å². The van der Waals surface area contributed by atoms with E-state index in [1.165, 1.54) is 9.80 Å². The van der Waals surface area contributed by atoms with Gasteiger partial charge in [-0.15, -0.1) is 0 Å². The molecule has 0 bridgehead atoms. The number of β-amino-alcohol motifs (C(OH)–C–C–N with tert-alkyl or cyclic N) is 1. The van der Waals surface area contributed by atoms with Gasteiger partial charge in [-0.25, -0.2) is 0 Å². The smallest absolute Gasteiger partial charge is 0.245 e. The van der Waals surface area contributed by atoms with Crippen molar-refractivity contribution in [2.45, 2.75) is 38.5 Å². The number of benzene rings is 1. The van der Waals surface area contributed by atoms with E-state index in [1.54, 1.807) is 44.3 Å². The highest BCUT2D eigenvalue weighted by Crippen LogP contribution is 2.22. The summed E-state index contributed by atoms with van der Waals surface area (Å²) in [6, 6.07) is 10.00. The molecule has 1 saturated heterocycles. The summed E-state index contributed by atoms with van der Waals surface area (Å²) in [6.45, 7) is 2.23. The van der Waals surface area contributed by atoms with Crippen LogP contribution in [0.25, 0.3) is 0 Å². The fraction of sp³-hybridized carbons (Fsp3) is 0.400. The van der Waals surface area contributed by atoms with Crippen LogP contribution >= 0.6 is 0 Å². The molecule has 1 aromatic carbocycles. The third kappa shape index (κ3) is 4.38. The zero-order chi connectivity index (χ0) is 20.3. The maximum Gasteiger partial charge on any atom is 0.245 e. The summed E-state index contributed by atoms with van der Waals surface area (Å²) >= 11 is 0. The van der Waals surface area contributed by atoms with E-state index in [0.29, 0.717) is 23.6 Å².